The van der Waals surface area contributed by atoms with E-state index in [9.17, 15) is 9.59 Å². The van der Waals surface area contributed by atoms with Gasteiger partial charge in [0.05, 0.1) is 13.2 Å². The van der Waals surface area contributed by atoms with Gasteiger partial charge < -0.3 is 19.7 Å². The molecule has 2 amide bonds. The van der Waals surface area contributed by atoms with E-state index in [2.05, 4.69) is 12.2 Å². The fourth-order valence-electron chi connectivity index (χ4n) is 3.52. The zero-order valence-corrected chi connectivity index (χ0v) is 18.4. The Hall–Kier alpha value is -3.28. The van der Waals surface area contributed by atoms with E-state index in [-0.39, 0.29) is 11.8 Å². The SMILES string of the molecule is CCCOc1ccc(/C=C/C(=O)Nc2ccc(N3CCCC3=O)c(C)c2)cc1OCC. The lowest BCUT2D eigenvalue weighted by atomic mass is 10.1. The van der Waals surface area contributed by atoms with Crippen LogP contribution in [-0.4, -0.2) is 31.6 Å². The van der Waals surface area contributed by atoms with Gasteiger partial charge in [-0.05, 0) is 74.2 Å². The first-order chi connectivity index (χ1) is 15.0. The molecular formula is C25H30N2O4. The summed E-state index contributed by atoms with van der Waals surface area (Å²) in [5, 5.41) is 2.88. The van der Waals surface area contributed by atoms with Gasteiger partial charge >= 0.3 is 0 Å². The van der Waals surface area contributed by atoms with Gasteiger partial charge in [0.25, 0.3) is 0 Å². The number of ether oxygens (including phenoxy) is 2. The molecule has 0 saturated carbocycles. The molecule has 1 saturated heterocycles. The van der Waals surface area contributed by atoms with Gasteiger partial charge in [0.15, 0.2) is 11.5 Å². The lowest BCUT2D eigenvalue weighted by Gasteiger charge is -2.19. The summed E-state index contributed by atoms with van der Waals surface area (Å²) in [5.74, 6) is 1.30. The molecule has 31 heavy (non-hydrogen) atoms. The topological polar surface area (TPSA) is 67.9 Å². The molecule has 0 bridgehead atoms. The molecular weight excluding hydrogens is 392 g/mol. The Balaban J connectivity index is 1.65. The molecule has 1 aliphatic heterocycles. The Morgan fingerprint density at radius 2 is 1.97 bits per heavy atom. The highest BCUT2D eigenvalue weighted by Gasteiger charge is 2.22. The monoisotopic (exact) mass is 422 g/mol. The normalized spacial score (nSPS) is 13.6. The van der Waals surface area contributed by atoms with Crippen molar-refractivity contribution in [1.82, 2.24) is 0 Å². The van der Waals surface area contributed by atoms with Crippen LogP contribution >= 0.6 is 0 Å². The predicted octanol–water partition coefficient (Wildman–Crippen LogP) is 4.96. The van der Waals surface area contributed by atoms with Gasteiger partial charge in [-0.1, -0.05) is 13.0 Å². The Morgan fingerprint density at radius 1 is 1.13 bits per heavy atom. The molecule has 0 unspecified atom stereocenters. The molecule has 6 nitrogen and oxygen atoms in total. The Morgan fingerprint density at radius 3 is 2.65 bits per heavy atom. The lowest BCUT2D eigenvalue weighted by molar-refractivity contribution is -0.117. The summed E-state index contributed by atoms with van der Waals surface area (Å²) in [6, 6.07) is 11.2. The number of anilines is 2. The molecule has 6 heteroatoms. The van der Waals surface area contributed by atoms with Crippen LogP contribution in [0.15, 0.2) is 42.5 Å². The molecule has 0 radical (unpaired) electrons. The summed E-state index contributed by atoms with van der Waals surface area (Å²) in [6.45, 7) is 7.84. The van der Waals surface area contributed by atoms with Crippen molar-refractivity contribution < 1.29 is 19.1 Å². The first-order valence-corrected chi connectivity index (χ1v) is 10.8. The third-order valence-corrected chi connectivity index (χ3v) is 4.98. The van der Waals surface area contributed by atoms with Crippen molar-refractivity contribution >= 4 is 29.3 Å². The molecule has 0 atom stereocenters. The van der Waals surface area contributed by atoms with E-state index < -0.39 is 0 Å². The molecule has 0 spiro atoms. The highest BCUT2D eigenvalue weighted by atomic mass is 16.5. The Kier molecular flexibility index (Phi) is 7.70. The fourth-order valence-corrected chi connectivity index (χ4v) is 3.52. The number of hydrogen-bond donors (Lipinski definition) is 1. The van der Waals surface area contributed by atoms with Crippen LogP contribution in [0.4, 0.5) is 11.4 Å². The van der Waals surface area contributed by atoms with Crippen molar-refractivity contribution in [3.8, 4) is 11.5 Å². The van der Waals surface area contributed by atoms with Crippen molar-refractivity contribution in [3.63, 3.8) is 0 Å². The van der Waals surface area contributed by atoms with Crippen molar-refractivity contribution in [2.24, 2.45) is 0 Å². The van der Waals surface area contributed by atoms with E-state index in [0.717, 1.165) is 36.2 Å². The molecule has 3 rings (SSSR count). The second kappa shape index (κ2) is 10.7. The highest BCUT2D eigenvalue weighted by Crippen LogP contribution is 2.30. The number of nitrogens with zero attached hydrogens (tertiary/aromatic N) is 1. The molecule has 0 aliphatic carbocycles. The van der Waals surface area contributed by atoms with Crippen LogP contribution in [0.2, 0.25) is 0 Å². The number of carbonyl (C=O) groups is 2. The van der Waals surface area contributed by atoms with Crippen LogP contribution < -0.4 is 19.7 Å². The van der Waals surface area contributed by atoms with Crippen LogP contribution in [0.3, 0.4) is 0 Å². The van der Waals surface area contributed by atoms with Crippen LogP contribution in [0.1, 0.15) is 44.2 Å². The summed E-state index contributed by atoms with van der Waals surface area (Å²) < 4.78 is 11.4. The smallest absolute Gasteiger partial charge is 0.248 e. The summed E-state index contributed by atoms with van der Waals surface area (Å²) >= 11 is 0. The zero-order chi connectivity index (χ0) is 22.2. The molecule has 1 aliphatic rings. The molecule has 2 aromatic carbocycles. The minimum absolute atomic E-state index is 0.153. The third-order valence-electron chi connectivity index (χ3n) is 4.98. The lowest BCUT2D eigenvalue weighted by Crippen LogP contribution is -2.24. The number of amides is 2. The summed E-state index contributed by atoms with van der Waals surface area (Å²) in [4.78, 5) is 26.2. The average molecular weight is 423 g/mol. The molecule has 1 fully saturated rings. The van der Waals surface area contributed by atoms with Crippen LogP contribution in [0.25, 0.3) is 6.08 Å². The minimum Gasteiger partial charge on any atom is -0.490 e. The zero-order valence-electron chi connectivity index (χ0n) is 18.4. The van der Waals surface area contributed by atoms with E-state index in [1.807, 2.05) is 55.1 Å². The molecule has 1 N–H and O–H groups in total. The van der Waals surface area contributed by atoms with Crippen LogP contribution in [0.5, 0.6) is 11.5 Å². The average Bonchev–Trinajstić information content (AvgIpc) is 3.17. The molecule has 0 aromatic heterocycles. The molecule has 164 valence electrons. The van der Waals surface area contributed by atoms with Gasteiger partial charge in [-0.3, -0.25) is 9.59 Å². The van der Waals surface area contributed by atoms with Gasteiger partial charge in [0.2, 0.25) is 11.8 Å². The van der Waals surface area contributed by atoms with Crippen molar-refractivity contribution in [2.75, 3.05) is 30.0 Å². The Labute approximate surface area is 183 Å². The van der Waals surface area contributed by atoms with Crippen molar-refractivity contribution in [2.45, 2.75) is 40.0 Å². The maximum atomic E-state index is 12.4. The van der Waals surface area contributed by atoms with Crippen molar-refractivity contribution in [3.05, 3.63) is 53.6 Å². The van der Waals surface area contributed by atoms with Crippen molar-refractivity contribution in [1.29, 1.82) is 0 Å². The molecule has 1 heterocycles. The summed E-state index contributed by atoms with van der Waals surface area (Å²) in [5.41, 5.74) is 3.41. The largest absolute Gasteiger partial charge is 0.490 e. The first kappa shape index (κ1) is 22.4. The van der Waals surface area contributed by atoms with Gasteiger partial charge in [0.1, 0.15) is 0 Å². The van der Waals surface area contributed by atoms with E-state index in [4.69, 9.17) is 9.47 Å². The number of carbonyl (C=O) groups excluding carboxylic acids is 2. The Bertz CT molecular complexity index is 968. The van der Waals surface area contributed by atoms with E-state index >= 15 is 0 Å². The van der Waals surface area contributed by atoms with Gasteiger partial charge in [0, 0.05) is 30.4 Å². The number of nitrogens with one attached hydrogen (secondary N) is 1. The number of benzene rings is 2. The second-order valence-corrected chi connectivity index (χ2v) is 7.46. The van der Waals surface area contributed by atoms with Crippen LogP contribution in [-0.2, 0) is 9.59 Å². The quantitative estimate of drug-likeness (QED) is 0.580. The summed E-state index contributed by atoms with van der Waals surface area (Å²) in [6.07, 6.45) is 5.64. The predicted molar refractivity (Wildman–Crippen MR) is 124 cm³/mol. The molecule has 2 aromatic rings. The maximum Gasteiger partial charge on any atom is 0.248 e. The number of aryl methyl sites for hydroxylation is 1. The van der Waals surface area contributed by atoms with Gasteiger partial charge in [-0.15, -0.1) is 0 Å². The standard InChI is InChI=1S/C25H30N2O4/c1-4-15-31-22-12-8-19(17-23(22)30-5-2)9-13-24(28)26-20-10-11-21(18(3)16-20)27-14-6-7-25(27)29/h8-13,16-17H,4-7,14-15H2,1-3H3,(H,26,28)/b13-9+. The fraction of sp³-hybridized carbons (Fsp3) is 0.360. The second-order valence-electron chi connectivity index (χ2n) is 7.46. The van der Waals surface area contributed by atoms with E-state index in [0.29, 0.717) is 36.8 Å². The number of rotatable bonds is 9. The minimum atomic E-state index is -0.228. The van der Waals surface area contributed by atoms with Gasteiger partial charge in [-0.25, -0.2) is 0 Å². The van der Waals surface area contributed by atoms with E-state index in [1.165, 1.54) is 6.08 Å². The van der Waals surface area contributed by atoms with Gasteiger partial charge in [-0.2, -0.15) is 0 Å². The first-order valence-electron chi connectivity index (χ1n) is 10.8. The summed E-state index contributed by atoms with van der Waals surface area (Å²) in [7, 11) is 0. The number of hydrogen-bond acceptors (Lipinski definition) is 4. The maximum absolute atomic E-state index is 12.4. The third kappa shape index (κ3) is 5.87. The highest BCUT2D eigenvalue weighted by molar-refractivity contribution is 6.02. The van der Waals surface area contributed by atoms with Crippen LogP contribution in [0, 0.1) is 6.92 Å². The van der Waals surface area contributed by atoms with E-state index in [1.54, 1.807) is 6.08 Å².